The first kappa shape index (κ1) is 13.0. The van der Waals surface area contributed by atoms with Crippen LogP contribution in [0.4, 0.5) is 0 Å². The lowest BCUT2D eigenvalue weighted by molar-refractivity contribution is 0.609. The van der Waals surface area contributed by atoms with E-state index in [1.54, 1.807) is 6.07 Å². The molecule has 1 aromatic rings. The van der Waals surface area contributed by atoms with E-state index < -0.39 is 9.05 Å². The second-order valence-electron chi connectivity index (χ2n) is 2.62. The number of nitrogens with zero attached hydrogens (tertiary/aromatic N) is 1. The van der Waals surface area contributed by atoms with Crippen molar-refractivity contribution in [3.63, 3.8) is 0 Å². The van der Waals surface area contributed by atoms with Gasteiger partial charge in [-0.2, -0.15) is 5.26 Å². The fourth-order valence-corrected chi connectivity index (χ4v) is 3.34. The lowest BCUT2D eigenvalue weighted by Gasteiger charge is -2.05. The van der Waals surface area contributed by atoms with Gasteiger partial charge in [-0.1, -0.05) is 31.9 Å². The summed E-state index contributed by atoms with van der Waals surface area (Å²) in [6, 6.07) is 4.60. The molecule has 0 heterocycles. The molecule has 0 unspecified atom stereocenters. The van der Waals surface area contributed by atoms with Crippen molar-refractivity contribution in [2.24, 2.45) is 0 Å². The summed E-state index contributed by atoms with van der Waals surface area (Å²) in [5.74, 6) is 0. The maximum absolute atomic E-state index is 11.2. The van der Waals surface area contributed by atoms with Crippen LogP contribution in [0.3, 0.4) is 0 Å². The van der Waals surface area contributed by atoms with Crippen LogP contribution in [0, 0.1) is 11.3 Å². The molecule has 0 atom stereocenters. The third-order valence-electron chi connectivity index (χ3n) is 1.68. The van der Waals surface area contributed by atoms with Gasteiger partial charge in [-0.05, 0) is 17.7 Å². The zero-order chi connectivity index (χ0) is 11.6. The van der Waals surface area contributed by atoms with E-state index in [-0.39, 0.29) is 10.5 Å². The van der Waals surface area contributed by atoms with E-state index in [4.69, 9.17) is 15.9 Å². The van der Waals surface area contributed by atoms with Gasteiger partial charge in [0.2, 0.25) is 0 Å². The molecule has 0 aliphatic carbocycles. The molecule has 0 N–H and O–H groups in total. The van der Waals surface area contributed by atoms with Gasteiger partial charge in [0, 0.05) is 20.5 Å². The Morgan fingerprint density at radius 1 is 1.47 bits per heavy atom. The molecule has 0 radical (unpaired) electrons. The highest BCUT2D eigenvalue weighted by Crippen LogP contribution is 2.28. The van der Waals surface area contributed by atoms with Gasteiger partial charge in [0.25, 0.3) is 9.05 Å². The zero-order valence-electron chi connectivity index (χ0n) is 7.17. The number of hydrogen-bond acceptors (Lipinski definition) is 3. The minimum absolute atomic E-state index is 0.0292. The third kappa shape index (κ3) is 2.94. The van der Waals surface area contributed by atoms with Crippen molar-refractivity contribution in [3.8, 4) is 6.07 Å². The summed E-state index contributed by atoms with van der Waals surface area (Å²) in [5.41, 5.74) is 0.745. The molecule has 0 bridgehead atoms. The van der Waals surface area contributed by atoms with E-state index >= 15 is 0 Å². The molecule has 0 spiro atoms. The van der Waals surface area contributed by atoms with Gasteiger partial charge in [0.1, 0.15) is 11.0 Å². The zero-order valence-corrected chi connectivity index (χ0v) is 11.9. The number of rotatable bonds is 2. The molecule has 0 aliphatic rings. The van der Waals surface area contributed by atoms with Crippen molar-refractivity contribution in [2.45, 2.75) is 10.2 Å². The SMILES string of the molecule is N#Cc1cc(Br)c(CBr)cc1S(=O)(=O)Cl. The van der Waals surface area contributed by atoms with Gasteiger partial charge in [0.15, 0.2) is 0 Å². The van der Waals surface area contributed by atoms with Gasteiger partial charge in [-0.25, -0.2) is 8.42 Å². The highest BCUT2D eigenvalue weighted by Gasteiger charge is 2.18. The Bertz CT molecular complexity index is 536. The summed E-state index contributed by atoms with van der Waals surface area (Å²) >= 11 is 6.43. The molecule has 7 heteroatoms. The fraction of sp³-hybridized carbons (Fsp3) is 0.125. The van der Waals surface area contributed by atoms with Crippen molar-refractivity contribution >= 4 is 51.6 Å². The van der Waals surface area contributed by atoms with Gasteiger partial charge in [0.05, 0.1) is 5.56 Å². The van der Waals surface area contributed by atoms with Gasteiger partial charge in [-0.3, -0.25) is 0 Å². The van der Waals surface area contributed by atoms with E-state index in [9.17, 15) is 8.42 Å². The minimum Gasteiger partial charge on any atom is -0.207 e. The lowest BCUT2D eigenvalue weighted by Crippen LogP contribution is -1.97. The molecular formula is C8H4Br2ClNO2S. The summed E-state index contributed by atoms with van der Waals surface area (Å²) in [6.07, 6.45) is 0. The molecule has 0 aromatic heterocycles. The molecule has 1 rings (SSSR count). The van der Waals surface area contributed by atoms with Crippen molar-refractivity contribution < 1.29 is 8.42 Å². The van der Waals surface area contributed by atoms with Crippen LogP contribution in [0.2, 0.25) is 0 Å². The molecular weight excluding hydrogens is 369 g/mol. The van der Waals surface area contributed by atoms with Crippen molar-refractivity contribution in [1.29, 1.82) is 5.26 Å². The van der Waals surface area contributed by atoms with Crippen LogP contribution in [0.15, 0.2) is 21.5 Å². The molecule has 0 aliphatic heterocycles. The van der Waals surface area contributed by atoms with E-state index in [1.165, 1.54) is 12.1 Å². The fourth-order valence-electron chi connectivity index (χ4n) is 0.987. The Hall–Kier alpha value is -0.0900. The summed E-state index contributed by atoms with van der Waals surface area (Å²) in [7, 11) is 1.33. The standard InChI is InChI=1S/C8H4Br2ClNO2S/c9-3-5-2-8(15(11,13)14)6(4-12)1-7(5)10/h1-2H,3H2. The predicted octanol–water partition coefficient (Wildman–Crippen LogP) is 3.14. The van der Waals surface area contributed by atoms with Crippen molar-refractivity contribution in [2.75, 3.05) is 0 Å². The second-order valence-corrected chi connectivity index (χ2v) is 6.57. The smallest absolute Gasteiger partial charge is 0.207 e. The third-order valence-corrected chi connectivity index (χ3v) is 4.38. The van der Waals surface area contributed by atoms with E-state index in [1.807, 2.05) is 0 Å². The average Bonchev–Trinajstić information content (AvgIpc) is 2.15. The van der Waals surface area contributed by atoms with E-state index in [0.29, 0.717) is 15.4 Å². The quantitative estimate of drug-likeness (QED) is 0.591. The number of alkyl halides is 1. The van der Waals surface area contributed by atoms with Crippen LogP contribution in [0.5, 0.6) is 0 Å². The lowest BCUT2D eigenvalue weighted by atomic mass is 10.2. The Balaban J connectivity index is 3.59. The number of halogens is 3. The molecule has 3 nitrogen and oxygen atoms in total. The average molecular weight is 373 g/mol. The topological polar surface area (TPSA) is 57.9 Å². The van der Waals surface area contributed by atoms with Crippen LogP contribution >= 0.6 is 42.5 Å². The van der Waals surface area contributed by atoms with Crippen LogP contribution < -0.4 is 0 Å². The molecule has 80 valence electrons. The summed E-state index contributed by atoms with van der Waals surface area (Å²) < 4.78 is 23.0. The highest BCUT2D eigenvalue weighted by molar-refractivity contribution is 9.10. The van der Waals surface area contributed by atoms with Gasteiger partial charge in [-0.15, -0.1) is 0 Å². The first-order chi connectivity index (χ1) is 6.90. The maximum Gasteiger partial charge on any atom is 0.262 e. The van der Waals surface area contributed by atoms with Crippen molar-refractivity contribution in [3.05, 3.63) is 27.7 Å². The molecule has 15 heavy (non-hydrogen) atoms. The normalized spacial score (nSPS) is 11.1. The Morgan fingerprint density at radius 3 is 2.47 bits per heavy atom. The van der Waals surface area contributed by atoms with Crippen LogP contribution in [-0.2, 0) is 14.4 Å². The Kier molecular flexibility index (Phi) is 4.18. The number of benzene rings is 1. The van der Waals surface area contributed by atoms with Crippen LogP contribution in [0.1, 0.15) is 11.1 Å². The van der Waals surface area contributed by atoms with Crippen LogP contribution in [0.25, 0.3) is 0 Å². The largest absolute Gasteiger partial charge is 0.262 e. The van der Waals surface area contributed by atoms with Gasteiger partial charge >= 0.3 is 0 Å². The minimum atomic E-state index is -3.89. The summed E-state index contributed by atoms with van der Waals surface area (Å²) in [5, 5.41) is 9.24. The predicted molar refractivity (Wildman–Crippen MR) is 64.5 cm³/mol. The molecule has 0 saturated heterocycles. The Morgan fingerprint density at radius 2 is 2.07 bits per heavy atom. The number of hydrogen-bond donors (Lipinski definition) is 0. The first-order valence-corrected chi connectivity index (χ1v) is 7.85. The molecule has 0 amide bonds. The van der Waals surface area contributed by atoms with Crippen molar-refractivity contribution in [1.82, 2.24) is 0 Å². The Labute approximate surface area is 109 Å². The van der Waals surface area contributed by atoms with E-state index in [0.717, 1.165) is 0 Å². The van der Waals surface area contributed by atoms with Gasteiger partial charge < -0.3 is 0 Å². The maximum atomic E-state index is 11.2. The summed E-state index contributed by atoms with van der Waals surface area (Å²) in [4.78, 5) is -0.163. The molecule has 0 saturated carbocycles. The second kappa shape index (κ2) is 4.83. The van der Waals surface area contributed by atoms with E-state index in [2.05, 4.69) is 31.9 Å². The first-order valence-electron chi connectivity index (χ1n) is 3.63. The monoisotopic (exact) mass is 371 g/mol. The summed E-state index contributed by atoms with van der Waals surface area (Å²) in [6.45, 7) is 0. The number of nitriles is 1. The van der Waals surface area contributed by atoms with Crippen LogP contribution in [-0.4, -0.2) is 8.42 Å². The highest BCUT2D eigenvalue weighted by atomic mass is 79.9. The molecule has 0 fully saturated rings. The molecule has 1 aromatic carbocycles.